The van der Waals surface area contributed by atoms with Gasteiger partial charge in [0.25, 0.3) is 0 Å². The number of carbonyl (C=O) groups is 3. The van der Waals surface area contributed by atoms with Crippen LogP contribution in [0.3, 0.4) is 0 Å². The van der Waals surface area contributed by atoms with Gasteiger partial charge in [-0.2, -0.15) is 0 Å². The van der Waals surface area contributed by atoms with E-state index in [1.807, 2.05) is 6.92 Å². The van der Waals surface area contributed by atoms with Crippen molar-refractivity contribution in [1.82, 2.24) is 0 Å². The number of hydrogen-bond donors (Lipinski definition) is 1. The average molecular weight is 433 g/mol. The minimum absolute atomic E-state index is 0.00854. The van der Waals surface area contributed by atoms with Crippen LogP contribution in [0.25, 0.3) is 0 Å². The van der Waals surface area contributed by atoms with Crippen LogP contribution in [0.5, 0.6) is 0 Å². The zero-order chi connectivity index (χ0) is 22.4. The van der Waals surface area contributed by atoms with Gasteiger partial charge in [-0.3, -0.25) is 14.4 Å². The first-order valence-corrected chi connectivity index (χ1v) is 12.2. The van der Waals surface area contributed by atoms with Crippen molar-refractivity contribution in [2.75, 3.05) is 6.61 Å². The highest BCUT2D eigenvalue weighted by atomic mass is 16.6. The molecule has 172 valence electrons. The molecule has 4 saturated carbocycles. The minimum atomic E-state index is -1.29. The van der Waals surface area contributed by atoms with Crippen LogP contribution < -0.4 is 0 Å². The molecular weight excluding hydrogens is 396 g/mol. The van der Waals surface area contributed by atoms with Crippen molar-refractivity contribution in [2.24, 2.45) is 34.5 Å². The lowest BCUT2D eigenvalue weighted by Crippen LogP contribution is -2.65. The molecule has 0 amide bonds. The molecule has 4 aliphatic carbocycles. The lowest BCUT2D eigenvalue weighted by Gasteiger charge is -2.59. The first-order valence-electron chi connectivity index (χ1n) is 12.2. The fraction of sp³-hybridized carbons (Fsp3) is 0.880. The molecule has 9 atom stereocenters. The van der Waals surface area contributed by atoms with Crippen LogP contribution >= 0.6 is 0 Å². The van der Waals surface area contributed by atoms with Crippen LogP contribution in [0.2, 0.25) is 0 Å². The molecule has 0 radical (unpaired) electrons. The van der Waals surface area contributed by atoms with Crippen LogP contribution in [-0.2, 0) is 23.9 Å². The van der Waals surface area contributed by atoms with E-state index < -0.39 is 17.6 Å². The number of aliphatic hydroxyl groups is 1. The molecule has 5 fully saturated rings. The van der Waals surface area contributed by atoms with Crippen LogP contribution in [-0.4, -0.2) is 46.6 Å². The summed E-state index contributed by atoms with van der Waals surface area (Å²) in [6, 6.07) is 0. The van der Waals surface area contributed by atoms with Crippen molar-refractivity contribution in [1.29, 1.82) is 0 Å². The Hall–Kier alpha value is -1.27. The number of epoxide rings is 1. The summed E-state index contributed by atoms with van der Waals surface area (Å²) in [6.07, 6.45) is 5.87. The zero-order valence-electron chi connectivity index (χ0n) is 19.2. The molecule has 1 spiro atoms. The quantitative estimate of drug-likeness (QED) is 0.542. The molecule has 0 aromatic carbocycles. The van der Waals surface area contributed by atoms with Crippen LogP contribution in [0.15, 0.2) is 0 Å². The first-order chi connectivity index (χ1) is 14.6. The van der Waals surface area contributed by atoms with Crippen LogP contribution in [0.1, 0.15) is 79.1 Å². The second-order valence-electron chi connectivity index (χ2n) is 11.5. The third kappa shape index (κ3) is 2.39. The molecule has 0 aromatic heterocycles. The Labute approximate surface area is 184 Å². The molecule has 5 rings (SSSR count). The highest BCUT2D eigenvalue weighted by molar-refractivity contribution is 5.92. The van der Waals surface area contributed by atoms with Gasteiger partial charge in [0.15, 0.2) is 5.60 Å². The minimum Gasteiger partial charge on any atom is -0.450 e. The van der Waals surface area contributed by atoms with Gasteiger partial charge in [-0.1, -0.05) is 27.7 Å². The smallest absolute Gasteiger partial charge is 0.306 e. The number of aliphatic hydroxyl groups excluding tert-OH is 1. The summed E-state index contributed by atoms with van der Waals surface area (Å²) in [5.41, 5.74) is -2.07. The fourth-order valence-electron chi connectivity index (χ4n) is 9.06. The van der Waals surface area contributed by atoms with Crippen molar-refractivity contribution in [3.8, 4) is 0 Å². The number of esters is 1. The normalized spacial score (nSPS) is 52.4. The summed E-state index contributed by atoms with van der Waals surface area (Å²) in [4.78, 5) is 37.9. The second kappa shape index (κ2) is 6.63. The van der Waals surface area contributed by atoms with E-state index >= 15 is 0 Å². The number of ketones is 2. The van der Waals surface area contributed by atoms with Gasteiger partial charge in [0.1, 0.15) is 18.0 Å². The Bertz CT molecular complexity index is 838. The summed E-state index contributed by atoms with van der Waals surface area (Å²) in [5, 5.41) is 9.89. The van der Waals surface area contributed by atoms with E-state index in [2.05, 4.69) is 13.8 Å². The van der Waals surface area contributed by atoms with Gasteiger partial charge in [0, 0.05) is 36.0 Å². The Morgan fingerprint density at radius 2 is 1.94 bits per heavy atom. The summed E-state index contributed by atoms with van der Waals surface area (Å²) in [6.45, 7) is 7.56. The Balaban J connectivity index is 1.57. The standard InChI is InChI=1S/C25H36O6/c1-5-21(29)31-24(19(28)13-26)14(2)10-18-17-7-6-15-11-16(27)8-9-22(15,3)25(17)20(30-25)12-23(18,24)4/h14-15,17-18,20,26H,5-13H2,1-4H3/t14-,15-,17-,18-,20?,22-,23-,24-,25-/m0/s1. The molecule has 1 N–H and O–H groups in total. The van der Waals surface area contributed by atoms with Gasteiger partial charge in [0.2, 0.25) is 5.78 Å². The molecule has 31 heavy (non-hydrogen) atoms. The number of rotatable bonds is 4. The monoisotopic (exact) mass is 432 g/mol. The molecule has 0 bridgehead atoms. The number of carbonyl (C=O) groups excluding carboxylic acids is 3. The second-order valence-corrected chi connectivity index (χ2v) is 11.5. The van der Waals surface area contributed by atoms with Crippen molar-refractivity contribution in [3.63, 3.8) is 0 Å². The Morgan fingerprint density at radius 3 is 2.61 bits per heavy atom. The molecule has 1 unspecified atom stereocenters. The van der Waals surface area contributed by atoms with E-state index in [9.17, 15) is 19.5 Å². The topological polar surface area (TPSA) is 93.2 Å². The molecule has 6 heteroatoms. The Morgan fingerprint density at radius 1 is 1.19 bits per heavy atom. The average Bonchev–Trinajstić information content (AvgIpc) is 3.41. The van der Waals surface area contributed by atoms with Gasteiger partial charge in [-0.05, 0) is 49.9 Å². The van der Waals surface area contributed by atoms with Gasteiger partial charge >= 0.3 is 5.97 Å². The maximum absolute atomic E-state index is 13.3. The van der Waals surface area contributed by atoms with Crippen LogP contribution in [0, 0.1) is 34.5 Å². The van der Waals surface area contributed by atoms with E-state index in [-0.39, 0.29) is 47.1 Å². The van der Waals surface area contributed by atoms with E-state index in [1.54, 1.807) is 6.92 Å². The molecule has 5 aliphatic rings. The largest absolute Gasteiger partial charge is 0.450 e. The lowest BCUT2D eigenvalue weighted by atomic mass is 9.44. The van der Waals surface area contributed by atoms with Gasteiger partial charge in [-0.15, -0.1) is 0 Å². The summed E-state index contributed by atoms with van der Waals surface area (Å²) in [7, 11) is 0. The highest BCUT2D eigenvalue weighted by Gasteiger charge is 2.83. The van der Waals surface area contributed by atoms with Crippen LogP contribution in [0.4, 0.5) is 0 Å². The molecule has 1 saturated heterocycles. The molecular formula is C25H36O6. The SMILES string of the molecule is CCC(=O)O[C@]1(C(=O)CO)[C@@H](C)C[C@H]2[C@@H]3CC[C@H]4CC(=O)CC[C@]4(C)[C@]34OC4C[C@@]21C. The third-order valence-corrected chi connectivity index (χ3v) is 10.5. The summed E-state index contributed by atoms with van der Waals surface area (Å²) >= 11 is 0. The molecule has 0 aromatic rings. The summed E-state index contributed by atoms with van der Waals surface area (Å²) in [5.74, 6) is 0.335. The van der Waals surface area contributed by atoms with Crippen molar-refractivity contribution in [3.05, 3.63) is 0 Å². The van der Waals surface area contributed by atoms with Crippen molar-refractivity contribution < 1.29 is 29.0 Å². The van der Waals surface area contributed by atoms with Crippen molar-refractivity contribution in [2.45, 2.75) is 96.4 Å². The van der Waals surface area contributed by atoms with E-state index in [4.69, 9.17) is 9.47 Å². The maximum atomic E-state index is 13.3. The first kappa shape index (κ1) is 21.6. The number of fused-ring (bicyclic) bond motifs is 3. The fourth-order valence-corrected chi connectivity index (χ4v) is 9.06. The van der Waals surface area contributed by atoms with Gasteiger partial charge in [-0.25, -0.2) is 0 Å². The lowest BCUT2D eigenvalue weighted by molar-refractivity contribution is -0.195. The predicted molar refractivity (Wildman–Crippen MR) is 112 cm³/mol. The summed E-state index contributed by atoms with van der Waals surface area (Å²) < 4.78 is 12.7. The predicted octanol–water partition coefficient (Wildman–Crippen LogP) is 3.23. The van der Waals surface area contributed by atoms with Gasteiger partial charge < -0.3 is 14.6 Å². The molecule has 1 aliphatic heterocycles. The van der Waals surface area contributed by atoms with Crippen molar-refractivity contribution >= 4 is 17.5 Å². The molecule has 1 heterocycles. The number of hydrogen-bond acceptors (Lipinski definition) is 6. The molecule has 6 nitrogen and oxygen atoms in total. The maximum Gasteiger partial charge on any atom is 0.306 e. The van der Waals surface area contributed by atoms with E-state index in [1.165, 1.54) is 0 Å². The van der Waals surface area contributed by atoms with Gasteiger partial charge in [0.05, 0.1) is 6.10 Å². The highest BCUT2D eigenvalue weighted by Crippen LogP contribution is 2.77. The van der Waals surface area contributed by atoms with E-state index in [0.29, 0.717) is 36.9 Å². The third-order valence-electron chi connectivity index (χ3n) is 10.5. The number of Topliss-reactive ketones (excluding diaryl/α,β-unsaturated/α-hetero) is 2. The number of ether oxygens (including phenoxy) is 2. The zero-order valence-corrected chi connectivity index (χ0v) is 19.2. The van der Waals surface area contributed by atoms with E-state index in [0.717, 1.165) is 25.7 Å². The Kier molecular flexibility index (Phi) is 4.61.